The molecule has 2 N–H and O–H groups in total. The van der Waals surface area contributed by atoms with Gasteiger partial charge in [-0.1, -0.05) is 38.1 Å². The normalized spacial score (nSPS) is 22.0. The maximum absolute atomic E-state index is 12.8. The highest BCUT2D eigenvalue weighted by atomic mass is 16.3. The van der Waals surface area contributed by atoms with E-state index in [9.17, 15) is 15.0 Å². The summed E-state index contributed by atoms with van der Waals surface area (Å²) in [5, 5.41) is 20.3. The molecular formula is C19H23NO3. The molecule has 4 nitrogen and oxygen atoms in total. The number of allylic oxidation sites excluding steroid dienone is 2. The average Bonchev–Trinajstić information content (AvgIpc) is 2.97. The SMILES string of the molecule is CCC(C)C1=C(O)CC(O)C(C(=O)N2Cc3ccccc3C2)=C1. The number of rotatable bonds is 3. The lowest BCUT2D eigenvalue weighted by Gasteiger charge is -2.26. The van der Waals surface area contributed by atoms with Gasteiger partial charge in [0, 0.05) is 25.1 Å². The Labute approximate surface area is 136 Å². The fraction of sp³-hybridized carbons (Fsp3) is 0.421. The molecule has 1 aliphatic carbocycles. The Morgan fingerprint density at radius 3 is 2.48 bits per heavy atom. The molecule has 0 radical (unpaired) electrons. The molecule has 1 aliphatic heterocycles. The molecule has 0 saturated carbocycles. The summed E-state index contributed by atoms with van der Waals surface area (Å²) < 4.78 is 0. The van der Waals surface area contributed by atoms with Gasteiger partial charge in [-0.2, -0.15) is 0 Å². The first-order valence-corrected chi connectivity index (χ1v) is 8.19. The van der Waals surface area contributed by atoms with E-state index in [1.54, 1.807) is 11.0 Å². The second-order valence-electron chi connectivity index (χ2n) is 6.46. The molecule has 2 atom stereocenters. The van der Waals surface area contributed by atoms with Crippen LogP contribution in [-0.4, -0.2) is 27.1 Å². The minimum atomic E-state index is -0.931. The first kappa shape index (κ1) is 15.8. The minimum absolute atomic E-state index is 0.123. The Kier molecular flexibility index (Phi) is 4.26. The lowest BCUT2D eigenvalue weighted by molar-refractivity contribution is -0.128. The summed E-state index contributed by atoms with van der Waals surface area (Å²) in [6, 6.07) is 8.02. The molecule has 23 heavy (non-hydrogen) atoms. The molecule has 0 spiro atoms. The molecule has 2 aliphatic rings. The number of carbonyl (C=O) groups excluding carboxylic acids is 1. The smallest absolute Gasteiger partial charge is 0.253 e. The number of hydrogen-bond acceptors (Lipinski definition) is 3. The van der Waals surface area contributed by atoms with Crippen molar-refractivity contribution >= 4 is 5.91 Å². The van der Waals surface area contributed by atoms with Crippen LogP contribution in [0.15, 0.2) is 47.2 Å². The Morgan fingerprint density at radius 2 is 1.91 bits per heavy atom. The molecule has 4 heteroatoms. The Bertz CT molecular complexity index is 665. The van der Waals surface area contributed by atoms with Crippen molar-refractivity contribution in [2.24, 2.45) is 5.92 Å². The summed E-state index contributed by atoms with van der Waals surface area (Å²) in [6.45, 7) is 5.22. The molecule has 0 saturated heterocycles. The monoisotopic (exact) mass is 313 g/mol. The Morgan fingerprint density at radius 1 is 1.30 bits per heavy atom. The second kappa shape index (κ2) is 6.20. The average molecular weight is 313 g/mol. The maximum Gasteiger partial charge on any atom is 0.253 e. The van der Waals surface area contributed by atoms with Crippen molar-refractivity contribution in [1.29, 1.82) is 0 Å². The summed E-state index contributed by atoms with van der Waals surface area (Å²) in [5.74, 6) is 0.233. The van der Waals surface area contributed by atoms with E-state index in [0.717, 1.165) is 23.1 Å². The van der Waals surface area contributed by atoms with Crippen LogP contribution in [0.1, 0.15) is 37.8 Å². The van der Waals surface area contributed by atoms with Crippen molar-refractivity contribution in [3.8, 4) is 0 Å². The minimum Gasteiger partial charge on any atom is -0.512 e. The molecule has 1 aromatic carbocycles. The Hall–Kier alpha value is -2.07. The fourth-order valence-corrected chi connectivity index (χ4v) is 3.27. The van der Waals surface area contributed by atoms with Crippen molar-refractivity contribution < 1.29 is 15.0 Å². The molecule has 3 rings (SSSR count). The molecule has 122 valence electrons. The summed E-state index contributed by atoms with van der Waals surface area (Å²) >= 11 is 0. The highest BCUT2D eigenvalue weighted by Gasteiger charge is 2.32. The third kappa shape index (κ3) is 2.91. The molecule has 1 heterocycles. The third-order valence-corrected chi connectivity index (χ3v) is 4.91. The molecule has 1 aromatic rings. The number of aliphatic hydroxyl groups is 2. The van der Waals surface area contributed by atoms with Gasteiger partial charge in [0.2, 0.25) is 0 Å². The van der Waals surface area contributed by atoms with Crippen LogP contribution in [0.2, 0.25) is 0 Å². The van der Waals surface area contributed by atoms with E-state index in [1.165, 1.54) is 0 Å². The topological polar surface area (TPSA) is 60.8 Å². The van der Waals surface area contributed by atoms with Crippen LogP contribution in [0.3, 0.4) is 0 Å². The first-order valence-electron chi connectivity index (χ1n) is 8.19. The predicted octanol–water partition coefficient (Wildman–Crippen LogP) is 3.08. The zero-order chi connectivity index (χ0) is 16.6. The van der Waals surface area contributed by atoms with Crippen LogP contribution >= 0.6 is 0 Å². The van der Waals surface area contributed by atoms with Gasteiger partial charge >= 0.3 is 0 Å². The predicted molar refractivity (Wildman–Crippen MR) is 88.5 cm³/mol. The van der Waals surface area contributed by atoms with E-state index in [1.807, 2.05) is 38.1 Å². The van der Waals surface area contributed by atoms with Gasteiger partial charge < -0.3 is 15.1 Å². The third-order valence-electron chi connectivity index (χ3n) is 4.91. The molecule has 2 unspecified atom stereocenters. The first-order chi connectivity index (χ1) is 11.0. The second-order valence-corrected chi connectivity index (χ2v) is 6.46. The highest BCUT2D eigenvalue weighted by Crippen LogP contribution is 2.32. The standard InChI is InChI=1S/C19H23NO3/c1-3-12(2)15-8-16(18(22)9-17(15)21)19(23)20-10-13-6-4-5-7-14(13)11-20/h4-8,12,18,21-22H,3,9-11H2,1-2H3. The van der Waals surface area contributed by atoms with Crippen molar-refractivity contribution in [2.45, 2.75) is 45.9 Å². The maximum atomic E-state index is 12.8. The zero-order valence-electron chi connectivity index (χ0n) is 13.6. The van der Waals surface area contributed by atoms with Crippen molar-refractivity contribution in [3.63, 3.8) is 0 Å². The van der Waals surface area contributed by atoms with Crippen LogP contribution in [0.5, 0.6) is 0 Å². The molecule has 0 fully saturated rings. The van der Waals surface area contributed by atoms with Crippen molar-refractivity contribution in [1.82, 2.24) is 4.90 Å². The van der Waals surface area contributed by atoms with Crippen LogP contribution < -0.4 is 0 Å². The number of benzene rings is 1. The number of aliphatic hydroxyl groups excluding tert-OH is 2. The van der Waals surface area contributed by atoms with Crippen LogP contribution in [0.25, 0.3) is 0 Å². The summed E-state index contributed by atoms with van der Waals surface area (Å²) in [4.78, 5) is 14.6. The molecular weight excluding hydrogens is 290 g/mol. The summed E-state index contributed by atoms with van der Waals surface area (Å²) in [7, 11) is 0. The summed E-state index contributed by atoms with van der Waals surface area (Å²) in [5.41, 5.74) is 3.49. The molecule has 1 amide bonds. The number of nitrogens with zero attached hydrogens (tertiary/aromatic N) is 1. The summed E-state index contributed by atoms with van der Waals surface area (Å²) in [6.07, 6.45) is 1.77. The van der Waals surface area contributed by atoms with Crippen LogP contribution in [0, 0.1) is 5.92 Å². The van der Waals surface area contributed by atoms with E-state index in [2.05, 4.69) is 0 Å². The quantitative estimate of drug-likeness (QED) is 0.901. The van der Waals surface area contributed by atoms with E-state index >= 15 is 0 Å². The Balaban J connectivity index is 1.85. The van der Waals surface area contributed by atoms with Crippen LogP contribution in [-0.2, 0) is 17.9 Å². The van der Waals surface area contributed by atoms with Crippen molar-refractivity contribution in [2.75, 3.05) is 0 Å². The van der Waals surface area contributed by atoms with Gasteiger partial charge in [-0.15, -0.1) is 0 Å². The largest absolute Gasteiger partial charge is 0.512 e. The van der Waals surface area contributed by atoms with Gasteiger partial charge in [0.25, 0.3) is 5.91 Å². The van der Waals surface area contributed by atoms with Gasteiger partial charge in [0.1, 0.15) is 0 Å². The molecule has 0 bridgehead atoms. The van der Waals surface area contributed by atoms with Gasteiger partial charge in [-0.05, 0) is 35.1 Å². The number of carbonyl (C=O) groups is 1. The van der Waals surface area contributed by atoms with Gasteiger partial charge in [-0.3, -0.25) is 4.79 Å². The van der Waals surface area contributed by atoms with E-state index in [-0.39, 0.29) is 24.0 Å². The van der Waals surface area contributed by atoms with Gasteiger partial charge in [0.15, 0.2) is 0 Å². The number of fused-ring (bicyclic) bond motifs is 1. The zero-order valence-corrected chi connectivity index (χ0v) is 13.6. The lowest BCUT2D eigenvalue weighted by Crippen LogP contribution is -2.33. The van der Waals surface area contributed by atoms with Gasteiger partial charge in [-0.25, -0.2) is 0 Å². The van der Waals surface area contributed by atoms with Gasteiger partial charge in [0.05, 0.1) is 11.9 Å². The van der Waals surface area contributed by atoms with E-state index in [0.29, 0.717) is 18.7 Å². The number of hydrogen-bond donors (Lipinski definition) is 2. The highest BCUT2D eigenvalue weighted by molar-refractivity contribution is 5.95. The van der Waals surface area contributed by atoms with E-state index < -0.39 is 6.10 Å². The van der Waals surface area contributed by atoms with E-state index in [4.69, 9.17) is 0 Å². The fourth-order valence-electron chi connectivity index (χ4n) is 3.27. The lowest BCUT2D eigenvalue weighted by atomic mass is 9.87. The molecule has 0 aromatic heterocycles. The van der Waals surface area contributed by atoms with Crippen LogP contribution in [0.4, 0.5) is 0 Å². The van der Waals surface area contributed by atoms with Crippen molar-refractivity contribution in [3.05, 3.63) is 58.4 Å². The number of amides is 1.